The van der Waals surface area contributed by atoms with Crippen LogP contribution in [-0.4, -0.2) is 9.78 Å². The molecule has 16 heavy (non-hydrogen) atoms. The molecular formula is C10H6BrClN4. The normalized spacial score (nSPS) is 10.1. The lowest BCUT2D eigenvalue weighted by atomic mass is 10.2. The highest BCUT2D eigenvalue weighted by molar-refractivity contribution is 9.10. The van der Waals surface area contributed by atoms with Crippen LogP contribution in [0.4, 0.5) is 5.82 Å². The Bertz CT molecular complexity index is 565. The van der Waals surface area contributed by atoms with Crippen LogP contribution < -0.4 is 5.73 Å². The minimum absolute atomic E-state index is 0.241. The van der Waals surface area contributed by atoms with E-state index in [4.69, 9.17) is 22.6 Å². The third kappa shape index (κ3) is 1.90. The Balaban J connectivity index is 2.63. The van der Waals surface area contributed by atoms with E-state index < -0.39 is 0 Å². The van der Waals surface area contributed by atoms with Gasteiger partial charge < -0.3 is 5.73 Å². The van der Waals surface area contributed by atoms with Crippen molar-refractivity contribution < 1.29 is 0 Å². The van der Waals surface area contributed by atoms with Crippen molar-refractivity contribution >= 4 is 33.3 Å². The highest BCUT2D eigenvalue weighted by Gasteiger charge is 2.09. The molecule has 0 aliphatic rings. The number of nitrogens with two attached hydrogens (primary N) is 1. The van der Waals surface area contributed by atoms with Crippen LogP contribution in [-0.2, 0) is 0 Å². The average molecular weight is 298 g/mol. The maximum atomic E-state index is 8.98. The zero-order valence-electron chi connectivity index (χ0n) is 7.98. The fourth-order valence-electron chi connectivity index (χ4n) is 1.28. The summed E-state index contributed by atoms with van der Waals surface area (Å²) in [6, 6.07) is 7.35. The lowest BCUT2D eigenvalue weighted by Crippen LogP contribution is -1.99. The van der Waals surface area contributed by atoms with Gasteiger partial charge in [0.2, 0.25) is 0 Å². The number of nitrogens with zero attached hydrogens (tertiary/aromatic N) is 3. The highest BCUT2D eigenvalue weighted by Crippen LogP contribution is 2.23. The zero-order chi connectivity index (χ0) is 11.7. The summed E-state index contributed by atoms with van der Waals surface area (Å²) < 4.78 is 2.34. The first-order valence-corrected chi connectivity index (χ1v) is 5.49. The molecule has 2 aromatic rings. The van der Waals surface area contributed by atoms with Crippen molar-refractivity contribution in [2.75, 3.05) is 5.73 Å². The predicted molar refractivity (Wildman–Crippen MR) is 65.4 cm³/mol. The van der Waals surface area contributed by atoms with Crippen molar-refractivity contribution in [2.24, 2.45) is 0 Å². The third-order valence-corrected chi connectivity index (χ3v) is 2.81. The Hall–Kier alpha value is -1.51. The van der Waals surface area contributed by atoms with E-state index in [9.17, 15) is 0 Å². The quantitative estimate of drug-likeness (QED) is 0.880. The van der Waals surface area contributed by atoms with Gasteiger partial charge in [-0.3, -0.25) is 0 Å². The maximum absolute atomic E-state index is 8.98. The molecule has 0 amide bonds. The summed E-state index contributed by atoms with van der Waals surface area (Å²) in [5, 5.41) is 13.4. The van der Waals surface area contributed by atoms with Gasteiger partial charge in [0.25, 0.3) is 0 Å². The van der Waals surface area contributed by atoms with Crippen molar-refractivity contribution in [2.45, 2.75) is 0 Å². The second kappa shape index (κ2) is 4.16. The summed E-state index contributed by atoms with van der Waals surface area (Å²) in [5.74, 6) is 0.241. The topological polar surface area (TPSA) is 67.6 Å². The molecule has 80 valence electrons. The Kier molecular flexibility index (Phi) is 2.86. The molecule has 4 nitrogen and oxygen atoms in total. The van der Waals surface area contributed by atoms with E-state index in [0.29, 0.717) is 16.3 Å². The zero-order valence-corrected chi connectivity index (χ0v) is 10.3. The molecule has 2 rings (SSSR count). The van der Waals surface area contributed by atoms with Gasteiger partial charge >= 0.3 is 0 Å². The van der Waals surface area contributed by atoms with Crippen LogP contribution >= 0.6 is 27.5 Å². The molecule has 1 heterocycles. The van der Waals surface area contributed by atoms with Crippen molar-refractivity contribution in [3.8, 4) is 11.8 Å². The van der Waals surface area contributed by atoms with Crippen LogP contribution in [0.25, 0.3) is 5.69 Å². The number of halogens is 2. The summed E-state index contributed by atoms with van der Waals surface area (Å²) in [6.07, 6.45) is 1.57. The van der Waals surface area contributed by atoms with Crippen LogP contribution in [0.3, 0.4) is 0 Å². The fraction of sp³-hybridized carbons (Fsp3) is 0. The molecule has 0 spiro atoms. The lowest BCUT2D eigenvalue weighted by Gasteiger charge is -2.03. The summed E-state index contributed by atoms with van der Waals surface area (Å²) in [6.45, 7) is 0. The second-order valence-corrected chi connectivity index (χ2v) is 4.40. The summed E-state index contributed by atoms with van der Waals surface area (Å²) in [7, 11) is 0. The van der Waals surface area contributed by atoms with Crippen molar-refractivity contribution in [1.82, 2.24) is 9.78 Å². The Morgan fingerprint density at radius 3 is 2.81 bits per heavy atom. The van der Waals surface area contributed by atoms with Gasteiger partial charge in [-0.2, -0.15) is 5.26 Å². The standard InChI is InChI=1S/C10H6BrClN4/c11-7-2-1-6(4-13)9(3-7)16-5-8(12)10(14)15-16/h1-3,5H,(H2,14,15). The summed E-state index contributed by atoms with van der Waals surface area (Å²) >= 11 is 9.14. The third-order valence-electron chi connectivity index (χ3n) is 2.02. The predicted octanol–water partition coefficient (Wildman–Crippen LogP) is 2.74. The molecule has 6 heteroatoms. The molecule has 0 aliphatic carbocycles. The molecule has 0 fully saturated rings. The van der Waals surface area contributed by atoms with Gasteiger partial charge in [0, 0.05) is 4.47 Å². The summed E-state index contributed by atoms with van der Waals surface area (Å²) in [4.78, 5) is 0. The van der Waals surface area contributed by atoms with Crippen LogP contribution in [0, 0.1) is 11.3 Å². The Morgan fingerprint density at radius 2 is 2.25 bits per heavy atom. The van der Waals surface area contributed by atoms with E-state index >= 15 is 0 Å². The van der Waals surface area contributed by atoms with E-state index in [0.717, 1.165) is 4.47 Å². The van der Waals surface area contributed by atoms with E-state index in [-0.39, 0.29) is 5.82 Å². The van der Waals surface area contributed by atoms with E-state index in [1.54, 1.807) is 24.4 Å². The fourth-order valence-corrected chi connectivity index (χ4v) is 1.76. The molecule has 0 saturated carbocycles. The number of hydrogen-bond donors (Lipinski definition) is 1. The number of hydrogen-bond acceptors (Lipinski definition) is 3. The van der Waals surface area contributed by atoms with E-state index in [1.165, 1.54) is 4.68 Å². The number of anilines is 1. The molecule has 0 unspecified atom stereocenters. The van der Waals surface area contributed by atoms with Gasteiger partial charge in [0.15, 0.2) is 5.82 Å². The minimum atomic E-state index is 0.241. The van der Waals surface area contributed by atoms with Gasteiger partial charge in [-0.15, -0.1) is 5.10 Å². The van der Waals surface area contributed by atoms with Gasteiger partial charge in [-0.1, -0.05) is 27.5 Å². The lowest BCUT2D eigenvalue weighted by molar-refractivity contribution is 0.882. The van der Waals surface area contributed by atoms with E-state index in [1.807, 2.05) is 0 Å². The number of aromatic nitrogens is 2. The summed E-state index contributed by atoms with van der Waals surface area (Å²) in [5.41, 5.74) is 6.69. The highest BCUT2D eigenvalue weighted by atomic mass is 79.9. The molecule has 0 saturated heterocycles. The first-order chi connectivity index (χ1) is 7.61. The molecule has 0 radical (unpaired) electrons. The van der Waals surface area contributed by atoms with Crippen LogP contribution in [0.2, 0.25) is 5.02 Å². The number of nitriles is 1. The first kappa shape index (κ1) is 11.0. The Morgan fingerprint density at radius 1 is 1.50 bits per heavy atom. The van der Waals surface area contributed by atoms with Crippen LogP contribution in [0.5, 0.6) is 0 Å². The molecule has 1 aromatic carbocycles. The molecule has 0 bridgehead atoms. The van der Waals surface area contributed by atoms with Crippen molar-refractivity contribution in [1.29, 1.82) is 5.26 Å². The van der Waals surface area contributed by atoms with Gasteiger partial charge in [0.1, 0.15) is 11.1 Å². The number of rotatable bonds is 1. The molecule has 0 atom stereocenters. The first-order valence-electron chi connectivity index (χ1n) is 4.32. The maximum Gasteiger partial charge on any atom is 0.164 e. The van der Waals surface area contributed by atoms with Crippen LogP contribution in [0.15, 0.2) is 28.9 Å². The van der Waals surface area contributed by atoms with E-state index in [2.05, 4.69) is 27.1 Å². The smallest absolute Gasteiger partial charge is 0.164 e. The minimum Gasteiger partial charge on any atom is -0.381 e. The van der Waals surface area contributed by atoms with Gasteiger partial charge in [0.05, 0.1) is 17.4 Å². The van der Waals surface area contributed by atoms with Gasteiger partial charge in [-0.25, -0.2) is 4.68 Å². The Labute approximate surface area is 105 Å². The number of nitrogen functional groups attached to an aromatic ring is 1. The van der Waals surface area contributed by atoms with Gasteiger partial charge in [-0.05, 0) is 18.2 Å². The second-order valence-electron chi connectivity index (χ2n) is 3.08. The monoisotopic (exact) mass is 296 g/mol. The molecular weight excluding hydrogens is 291 g/mol. The van der Waals surface area contributed by atoms with Crippen molar-refractivity contribution in [3.63, 3.8) is 0 Å². The number of benzene rings is 1. The van der Waals surface area contributed by atoms with Crippen LogP contribution in [0.1, 0.15) is 5.56 Å². The SMILES string of the molecule is N#Cc1ccc(Br)cc1-n1cc(Cl)c(N)n1. The van der Waals surface area contributed by atoms with Crippen molar-refractivity contribution in [3.05, 3.63) is 39.5 Å². The average Bonchev–Trinajstić information content (AvgIpc) is 2.59. The molecule has 1 aromatic heterocycles. The molecule has 2 N–H and O–H groups in total. The largest absolute Gasteiger partial charge is 0.381 e. The molecule has 0 aliphatic heterocycles.